The maximum absolute atomic E-state index is 5.85. The van der Waals surface area contributed by atoms with Crippen LogP contribution in [0.2, 0.25) is 0 Å². The summed E-state index contributed by atoms with van der Waals surface area (Å²) in [6, 6.07) is 7.56. The first-order valence-corrected chi connectivity index (χ1v) is 7.67. The van der Waals surface area contributed by atoms with E-state index >= 15 is 0 Å². The second-order valence-electron chi connectivity index (χ2n) is 4.61. The van der Waals surface area contributed by atoms with Gasteiger partial charge >= 0.3 is 0 Å². The maximum Gasteiger partial charge on any atom is 0.193 e. The van der Waals surface area contributed by atoms with Gasteiger partial charge in [0.15, 0.2) is 5.96 Å². The first-order chi connectivity index (χ1) is 10.2. The Morgan fingerprint density at radius 3 is 2.76 bits per heavy atom. The number of thiazole rings is 1. The number of nitrogens with one attached hydrogen (secondary N) is 1. The highest BCUT2D eigenvalue weighted by molar-refractivity contribution is 7.09. The van der Waals surface area contributed by atoms with E-state index in [0.29, 0.717) is 12.5 Å². The van der Waals surface area contributed by atoms with Gasteiger partial charge in [-0.2, -0.15) is 0 Å². The zero-order valence-corrected chi connectivity index (χ0v) is 13.1. The first kappa shape index (κ1) is 15.3. The molecule has 0 unspecified atom stereocenters. The number of aliphatic imine (C=N–C) groups is 1. The summed E-state index contributed by atoms with van der Waals surface area (Å²) >= 11 is 1.70. The minimum absolute atomic E-state index is 0.426. The van der Waals surface area contributed by atoms with Gasteiger partial charge in [-0.3, -0.25) is 4.99 Å². The summed E-state index contributed by atoms with van der Waals surface area (Å²) in [4.78, 5) is 8.74. The molecule has 1 aromatic carbocycles. The summed E-state index contributed by atoms with van der Waals surface area (Å²) in [6.45, 7) is 2.70. The molecule has 3 N–H and O–H groups in total. The van der Waals surface area contributed by atoms with Crippen LogP contribution in [0, 0.1) is 6.92 Å². The summed E-state index contributed by atoms with van der Waals surface area (Å²) in [7, 11) is 1.64. The van der Waals surface area contributed by atoms with Gasteiger partial charge in [0.1, 0.15) is 5.75 Å². The van der Waals surface area contributed by atoms with Gasteiger partial charge in [-0.25, -0.2) is 4.98 Å². The summed E-state index contributed by atoms with van der Waals surface area (Å²) in [6.07, 6.45) is 1.88. The Bertz CT molecular complexity index is 592. The number of aromatic nitrogens is 1. The molecule has 6 heteroatoms. The third-order valence-electron chi connectivity index (χ3n) is 2.86. The highest BCUT2D eigenvalue weighted by Crippen LogP contribution is 2.14. The van der Waals surface area contributed by atoms with Gasteiger partial charge in [-0.15, -0.1) is 11.3 Å². The Kier molecular flexibility index (Phi) is 5.57. The average Bonchev–Trinajstić information content (AvgIpc) is 2.90. The molecule has 0 bridgehead atoms. The van der Waals surface area contributed by atoms with E-state index in [1.165, 1.54) is 0 Å². The van der Waals surface area contributed by atoms with Crippen molar-refractivity contribution in [3.05, 3.63) is 40.3 Å². The van der Waals surface area contributed by atoms with Gasteiger partial charge in [0.25, 0.3) is 0 Å². The fourth-order valence-corrected chi connectivity index (χ4v) is 2.63. The average molecular weight is 304 g/mol. The summed E-state index contributed by atoms with van der Waals surface area (Å²) in [5, 5.41) is 6.28. The lowest BCUT2D eigenvalue weighted by Gasteiger charge is -2.06. The number of hydrogen-bond donors (Lipinski definition) is 2. The number of hydrogen-bond acceptors (Lipinski definition) is 4. The normalized spacial score (nSPS) is 11.4. The Morgan fingerprint density at radius 2 is 2.14 bits per heavy atom. The van der Waals surface area contributed by atoms with Crippen molar-refractivity contribution in [1.82, 2.24) is 4.98 Å². The molecule has 0 saturated heterocycles. The molecule has 1 aromatic heterocycles. The van der Waals surface area contributed by atoms with Crippen molar-refractivity contribution in [1.29, 1.82) is 0 Å². The Balaban J connectivity index is 1.75. The van der Waals surface area contributed by atoms with E-state index in [4.69, 9.17) is 10.5 Å². The zero-order valence-electron chi connectivity index (χ0n) is 12.3. The van der Waals surface area contributed by atoms with Gasteiger partial charge in [0.05, 0.1) is 12.1 Å². The molecule has 0 aliphatic rings. The van der Waals surface area contributed by atoms with E-state index in [-0.39, 0.29) is 0 Å². The monoisotopic (exact) mass is 304 g/mol. The minimum atomic E-state index is 0.426. The van der Waals surface area contributed by atoms with E-state index in [1.807, 2.05) is 31.2 Å². The van der Waals surface area contributed by atoms with E-state index < -0.39 is 0 Å². The predicted molar refractivity (Wildman–Crippen MR) is 88.3 cm³/mol. The molecule has 0 aliphatic heterocycles. The molecular formula is C15H20N4OS. The molecule has 0 fully saturated rings. The molecule has 2 rings (SSSR count). The highest BCUT2D eigenvalue weighted by atomic mass is 32.1. The smallest absolute Gasteiger partial charge is 0.193 e. The van der Waals surface area contributed by atoms with Gasteiger partial charge in [-0.1, -0.05) is 0 Å². The number of benzene rings is 1. The number of guanidine groups is 1. The van der Waals surface area contributed by atoms with Crippen LogP contribution >= 0.6 is 11.3 Å². The molecule has 1 heterocycles. The largest absolute Gasteiger partial charge is 0.497 e. The minimum Gasteiger partial charge on any atom is -0.497 e. The summed E-state index contributed by atoms with van der Waals surface area (Å²) in [5.41, 5.74) is 7.83. The summed E-state index contributed by atoms with van der Waals surface area (Å²) < 4.78 is 5.10. The topological polar surface area (TPSA) is 72.5 Å². The third kappa shape index (κ3) is 5.07. The number of anilines is 1. The SMILES string of the molecule is COc1ccc(NC(N)=NCCCc2nc(C)cs2)cc1. The van der Waals surface area contributed by atoms with Crippen LogP contribution in [0.15, 0.2) is 34.6 Å². The van der Waals surface area contributed by atoms with Crippen molar-refractivity contribution in [2.45, 2.75) is 19.8 Å². The van der Waals surface area contributed by atoms with E-state index in [1.54, 1.807) is 18.4 Å². The van der Waals surface area contributed by atoms with Crippen molar-refractivity contribution in [3.8, 4) is 5.75 Å². The van der Waals surface area contributed by atoms with E-state index in [2.05, 4.69) is 20.7 Å². The fraction of sp³-hybridized carbons (Fsp3) is 0.333. The fourth-order valence-electron chi connectivity index (χ4n) is 1.81. The Hall–Kier alpha value is -2.08. The second-order valence-corrected chi connectivity index (χ2v) is 5.55. The lowest BCUT2D eigenvalue weighted by molar-refractivity contribution is 0.415. The van der Waals surface area contributed by atoms with Gasteiger partial charge in [-0.05, 0) is 37.6 Å². The molecule has 0 saturated carbocycles. The van der Waals surface area contributed by atoms with Crippen LogP contribution in [0.1, 0.15) is 17.1 Å². The molecule has 0 radical (unpaired) electrons. The van der Waals surface area contributed by atoms with Crippen molar-refractivity contribution in [2.75, 3.05) is 19.0 Å². The summed E-state index contributed by atoms with van der Waals surface area (Å²) in [5.74, 6) is 1.24. The molecule has 0 spiro atoms. The molecule has 2 aromatic rings. The van der Waals surface area contributed by atoms with Gasteiger partial charge in [0.2, 0.25) is 0 Å². The van der Waals surface area contributed by atoms with Gasteiger partial charge in [0, 0.05) is 29.7 Å². The number of nitrogens with two attached hydrogens (primary N) is 1. The van der Waals surface area contributed by atoms with Crippen molar-refractivity contribution in [3.63, 3.8) is 0 Å². The second kappa shape index (κ2) is 7.64. The third-order valence-corrected chi connectivity index (χ3v) is 3.89. The molecule has 21 heavy (non-hydrogen) atoms. The molecule has 5 nitrogen and oxygen atoms in total. The highest BCUT2D eigenvalue weighted by Gasteiger charge is 1.99. The predicted octanol–water partition coefficient (Wildman–Crippen LogP) is 2.82. The molecule has 0 amide bonds. The number of rotatable bonds is 6. The van der Waals surface area contributed by atoms with Crippen molar-refractivity contribution >= 4 is 23.0 Å². The Morgan fingerprint density at radius 1 is 1.38 bits per heavy atom. The lowest BCUT2D eigenvalue weighted by atomic mass is 10.3. The Labute approximate surface area is 128 Å². The van der Waals surface area contributed by atoms with E-state index in [9.17, 15) is 0 Å². The van der Waals surface area contributed by atoms with Crippen LogP contribution in [-0.2, 0) is 6.42 Å². The number of methoxy groups -OCH3 is 1. The molecule has 0 aliphatic carbocycles. The van der Waals surface area contributed by atoms with Crippen LogP contribution in [0.3, 0.4) is 0 Å². The van der Waals surface area contributed by atoms with Crippen LogP contribution in [-0.4, -0.2) is 24.6 Å². The number of ether oxygens (including phenoxy) is 1. The maximum atomic E-state index is 5.85. The lowest BCUT2D eigenvalue weighted by Crippen LogP contribution is -2.22. The standard InChI is InChI=1S/C15H20N4OS/c1-11-10-21-14(18-11)4-3-9-17-15(16)19-12-5-7-13(20-2)8-6-12/h5-8,10H,3-4,9H2,1-2H3,(H3,16,17,19). The molecule has 0 atom stereocenters. The number of nitrogens with zero attached hydrogens (tertiary/aromatic N) is 2. The van der Waals surface area contributed by atoms with Crippen LogP contribution in [0.25, 0.3) is 0 Å². The van der Waals surface area contributed by atoms with Crippen molar-refractivity contribution in [2.24, 2.45) is 10.7 Å². The van der Waals surface area contributed by atoms with Gasteiger partial charge < -0.3 is 15.8 Å². The van der Waals surface area contributed by atoms with Crippen LogP contribution in [0.5, 0.6) is 5.75 Å². The molecular weight excluding hydrogens is 284 g/mol. The van der Waals surface area contributed by atoms with Crippen LogP contribution in [0.4, 0.5) is 5.69 Å². The quantitative estimate of drug-likeness (QED) is 0.489. The molecule has 112 valence electrons. The van der Waals surface area contributed by atoms with E-state index in [0.717, 1.165) is 35.0 Å². The van der Waals surface area contributed by atoms with Crippen molar-refractivity contribution < 1.29 is 4.74 Å². The zero-order chi connectivity index (χ0) is 15.1. The first-order valence-electron chi connectivity index (χ1n) is 6.79. The van der Waals surface area contributed by atoms with Crippen LogP contribution < -0.4 is 15.8 Å². The number of aryl methyl sites for hydroxylation is 2.